The van der Waals surface area contributed by atoms with Gasteiger partial charge in [0.15, 0.2) is 0 Å². The predicted octanol–water partition coefficient (Wildman–Crippen LogP) is 2.89. The Morgan fingerprint density at radius 3 is 2.83 bits per heavy atom. The quantitative estimate of drug-likeness (QED) is 0.747. The van der Waals surface area contributed by atoms with Gasteiger partial charge in [0, 0.05) is 19.0 Å². The summed E-state index contributed by atoms with van der Waals surface area (Å²) in [5.41, 5.74) is 0.634. The van der Waals surface area contributed by atoms with Crippen LogP contribution in [0.4, 0.5) is 5.69 Å². The van der Waals surface area contributed by atoms with Crippen LogP contribution in [0.3, 0.4) is 0 Å². The molecule has 1 N–H and O–H groups in total. The molecule has 0 bridgehead atoms. The Bertz CT molecular complexity index is 899. The van der Waals surface area contributed by atoms with Crippen LogP contribution in [0.15, 0.2) is 47.4 Å². The number of hydrogen-bond acceptors (Lipinski definition) is 5. The van der Waals surface area contributed by atoms with Gasteiger partial charge >= 0.3 is 0 Å². The summed E-state index contributed by atoms with van der Waals surface area (Å²) in [4.78, 5) is 28.2. The number of benzene rings is 1. The third-order valence-electron chi connectivity index (χ3n) is 3.55. The lowest BCUT2D eigenvalue weighted by Crippen LogP contribution is -2.16. The van der Waals surface area contributed by atoms with Crippen LogP contribution in [0, 0.1) is 0 Å². The second kappa shape index (κ2) is 7.27. The summed E-state index contributed by atoms with van der Waals surface area (Å²) in [7, 11) is 1.54. The number of carbonyl (C=O) groups excluding carboxylic acids is 1. The van der Waals surface area contributed by atoms with Gasteiger partial charge in [-0.2, -0.15) is 0 Å². The third kappa shape index (κ3) is 3.62. The van der Waals surface area contributed by atoms with E-state index in [1.54, 1.807) is 22.3 Å². The lowest BCUT2D eigenvalue weighted by Gasteiger charge is -2.05. The Hall–Kier alpha value is -2.67. The Balaban J connectivity index is 1.54. The number of amides is 1. The summed E-state index contributed by atoms with van der Waals surface area (Å²) >= 11 is 1.43. The number of aryl methyl sites for hydroxylation is 1. The average molecular weight is 343 g/mol. The molecule has 124 valence electrons. The van der Waals surface area contributed by atoms with Crippen molar-refractivity contribution in [2.75, 3.05) is 12.4 Å². The summed E-state index contributed by atoms with van der Waals surface area (Å²) in [6, 6.07) is 11.0. The van der Waals surface area contributed by atoms with Crippen molar-refractivity contribution in [2.45, 2.75) is 19.4 Å². The lowest BCUT2D eigenvalue weighted by atomic mass is 10.2. The average Bonchev–Trinajstić information content (AvgIpc) is 2.92. The Kier molecular flexibility index (Phi) is 4.90. The van der Waals surface area contributed by atoms with E-state index in [1.165, 1.54) is 18.6 Å². The van der Waals surface area contributed by atoms with Gasteiger partial charge in [0.25, 0.3) is 5.56 Å². The van der Waals surface area contributed by atoms with Crippen LogP contribution in [0.25, 0.3) is 10.1 Å². The minimum atomic E-state index is -0.101. The van der Waals surface area contributed by atoms with Crippen molar-refractivity contribution in [1.82, 2.24) is 8.94 Å². The van der Waals surface area contributed by atoms with Crippen molar-refractivity contribution in [3.63, 3.8) is 0 Å². The molecule has 0 unspecified atom stereocenters. The molecule has 0 atom stereocenters. The van der Waals surface area contributed by atoms with Gasteiger partial charge in [-0.15, -0.1) is 0 Å². The molecule has 2 aromatic heterocycles. The number of fused-ring (bicyclic) bond motifs is 1. The van der Waals surface area contributed by atoms with Crippen LogP contribution in [0.5, 0.6) is 5.88 Å². The summed E-state index contributed by atoms with van der Waals surface area (Å²) < 4.78 is 7.64. The number of pyridine rings is 1. The Morgan fingerprint density at radius 2 is 2.12 bits per heavy atom. The van der Waals surface area contributed by atoms with Gasteiger partial charge in [-0.05, 0) is 24.6 Å². The highest BCUT2D eigenvalue weighted by atomic mass is 32.1. The number of methoxy groups -OCH3 is 1. The number of ether oxygens (including phenoxy) is 1. The zero-order chi connectivity index (χ0) is 16.9. The second-order valence-electron chi connectivity index (χ2n) is 5.24. The van der Waals surface area contributed by atoms with Gasteiger partial charge in [0.2, 0.25) is 11.8 Å². The fourth-order valence-corrected chi connectivity index (χ4v) is 3.38. The van der Waals surface area contributed by atoms with E-state index in [0.29, 0.717) is 31.0 Å². The van der Waals surface area contributed by atoms with Crippen molar-refractivity contribution in [3.8, 4) is 5.88 Å². The standard InChI is InChI=1S/C17H17N3O3S/c1-23-16-9-8-12(11-18-16)19-15(21)7-4-10-20-17(22)13-5-2-3-6-14(13)24-20/h2-3,5-6,8-9,11H,4,7,10H2,1H3,(H,19,21). The lowest BCUT2D eigenvalue weighted by molar-refractivity contribution is -0.116. The molecule has 2 heterocycles. The summed E-state index contributed by atoms with van der Waals surface area (Å²) in [6.45, 7) is 0.534. The largest absolute Gasteiger partial charge is 0.481 e. The molecule has 0 aliphatic rings. The van der Waals surface area contributed by atoms with Crippen molar-refractivity contribution in [2.24, 2.45) is 0 Å². The number of anilines is 1. The number of hydrogen-bond donors (Lipinski definition) is 1. The molecule has 6 nitrogen and oxygen atoms in total. The fourth-order valence-electron chi connectivity index (χ4n) is 2.35. The molecular formula is C17H17N3O3S. The first kappa shape index (κ1) is 16.2. The van der Waals surface area contributed by atoms with Gasteiger partial charge in [0.1, 0.15) is 0 Å². The zero-order valence-corrected chi connectivity index (χ0v) is 14.0. The molecule has 0 saturated heterocycles. The third-order valence-corrected chi connectivity index (χ3v) is 4.67. The van der Waals surface area contributed by atoms with Crippen molar-refractivity contribution < 1.29 is 9.53 Å². The maximum Gasteiger partial charge on any atom is 0.268 e. The molecule has 1 amide bonds. The van der Waals surface area contributed by atoms with Crippen LogP contribution >= 0.6 is 11.5 Å². The zero-order valence-electron chi connectivity index (χ0n) is 13.2. The number of rotatable bonds is 6. The molecule has 0 radical (unpaired) electrons. The first-order chi connectivity index (χ1) is 11.7. The maximum atomic E-state index is 12.2. The molecule has 7 heteroatoms. The van der Waals surface area contributed by atoms with E-state index in [4.69, 9.17) is 4.74 Å². The first-order valence-corrected chi connectivity index (χ1v) is 8.33. The van der Waals surface area contributed by atoms with Crippen LogP contribution < -0.4 is 15.6 Å². The molecule has 0 fully saturated rings. The van der Waals surface area contributed by atoms with E-state index in [-0.39, 0.29) is 11.5 Å². The summed E-state index contributed by atoms with van der Waals surface area (Å²) in [5.74, 6) is 0.397. The molecule has 24 heavy (non-hydrogen) atoms. The predicted molar refractivity (Wildman–Crippen MR) is 94.7 cm³/mol. The van der Waals surface area contributed by atoms with E-state index in [9.17, 15) is 9.59 Å². The molecule has 3 aromatic rings. The Labute approximate surface area is 142 Å². The van der Waals surface area contributed by atoms with Gasteiger partial charge in [-0.3, -0.25) is 13.5 Å². The highest BCUT2D eigenvalue weighted by Gasteiger charge is 2.08. The SMILES string of the molecule is COc1ccc(NC(=O)CCCn2sc3ccccc3c2=O)cn1. The van der Waals surface area contributed by atoms with Crippen LogP contribution in [0.2, 0.25) is 0 Å². The highest BCUT2D eigenvalue weighted by Crippen LogP contribution is 2.16. The van der Waals surface area contributed by atoms with Crippen molar-refractivity contribution >= 4 is 33.2 Å². The van der Waals surface area contributed by atoms with Crippen LogP contribution in [0.1, 0.15) is 12.8 Å². The topological polar surface area (TPSA) is 73.2 Å². The number of aromatic nitrogens is 2. The number of nitrogens with one attached hydrogen (secondary N) is 1. The van der Waals surface area contributed by atoms with E-state index < -0.39 is 0 Å². The highest BCUT2D eigenvalue weighted by molar-refractivity contribution is 7.13. The van der Waals surface area contributed by atoms with Gasteiger partial charge < -0.3 is 10.1 Å². The molecule has 3 rings (SSSR count). The van der Waals surface area contributed by atoms with Gasteiger partial charge in [0.05, 0.1) is 29.1 Å². The molecule has 0 saturated carbocycles. The van der Waals surface area contributed by atoms with E-state index in [1.807, 2.05) is 24.3 Å². The monoisotopic (exact) mass is 343 g/mol. The normalized spacial score (nSPS) is 10.7. The second-order valence-corrected chi connectivity index (χ2v) is 6.30. The van der Waals surface area contributed by atoms with E-state index >= 15 is 0 Å². The minimum Gasteiger partial charge on any atom is -0.481 e. The summed E-state index contributed by atoms with van der Waals surface area (Å²) in [6.07, 6.45) is 2.49. The molecule has 1 aromatic carbocycles. The van der Waals surface area contributed by atoms with Gasteiger partial charge in [-0.1, -0.05) is 23.7 Å². The van der Waals surface area contributed by atoms with Crippen molar-refractivity contribution in [3.05, 3.63) is 52.9 Å². The Morgan fingerprint density at radius 1 is 1.29 bits per heavy atom. The van der Waals surface area contributed by atoms with Gasteiger partial charge in [-0.25, -0.2) is 4.98 Å². The van der Waals surface area contributed by atoms with Crippen LogP contribution in [-0.4, -0.2) is 22.0 Å². The maximum absolute atomic E-state index is 12.2. The molecule has 0 aliphatic heterocycles. The van der Waals surface area contributed by atoms with E-state index in [2.05, 4.69) is 10.3 Å². The number of nitrogens with zero attached hydrogens (tertiary/aromatic N) is 2. The molecular weight excluding hydrogens is 326 g/mol. The molecule has 0 aliphatic carbocycles. The van der Waals surface area contributed by atoms with Crippen LogP contribution in [-0.2, 0) is 11.3 Å². The minimum absolute atomic E-state index is 0.00959. The first-order valence-electron chi connectivity index (χ1n) is 7.56. The fraction of sp³-hybridized carbons (Fsp3) is 0.235. The van der Waals surface area contributed by atoms with E-state index in [0.717, 1.165) is 10.1 Å². The smallest absolute Gasteiger partial charge is 0.268 e. The number of carbonyl (C=O) groups is 1. The van der Waals surface area contributed by atoms with Crippen molar-refractivity contribution in [1.29, 1.82) is 0 Å². The molecule has 0 spiro atoms. The summed E-state index contributed by atoms with van der Waals surface area (Å²) in [5, 5.41) is 3.51.